The summed E-state index contributed by atoms with van der Waals surface area (Å²) in [5, 5.41) is 14.0. The first-order valence-electron chi connectivity index (χ1n) is 10.8. The Kier molecular flexibility index (Phi) is 6.98. The van der Waals surface area contributed by atoms with E-state index in [1.807, 2.05) is 0 Å². The zero-order chi connectivity index (χ0) is 23.6. The summed E-state index contributed by atoms with van der Waals surface area (Å²) in [6, 6.07) is 6.05. The normalized spacial score (nSPS) is 17.7. The van der Waals surface area contributed by atoms with Crippen molar-refractivity contribution in [3.05, 3.63) is 44.1 Å². The average Bonchev–Trinajstić information content (AvgIpc) is 3.22. The van der Waals surface area contributed by atoms with Crippen LogP contribution >= 0.6 is 11.3 Å². The summed E-state index contributed by atoms with van der Waals surface area (Å²) in [5.41, 5.74) is 1.02. The van der Waals surface area contributed by atoms with Gasteiger partial charge in [-0.3, -0.25) is 14.9 Å². The Labute approximate surface area is 196 Å². The molecule has 0 bridgehead atoms. The van der Waals surface area contributed by atoms with Gasteiger partial charge in [-0.1, -0.05) is 0 Å². The minimum absolute atomic E-state index is 0.0915. The Morgan fingerprint density at radius 3 is 2.45 bits per heavy atom. The van der Waals surface area contributed by atoms with Crippen LogP contribution in [0.4, 0.5) is 17.1 Å². The van der Waals surface area contributed by atoms with Crippen LogP contribution < -0.4 is 10.2 Å². The summed E-state index contributed by atoms with van der Waals surface area (Å²) in [6.07, 6.45) is 3.15. The molecule has 178 valence electrons. The van der Waals surface area contributed by atoms with Crippen LogP contribution in [0, 0.1) is 17.0 Å². The molecule has 10 nitrogen and oxygen atoms in total. The number of hydrogen-bond acceptors (Lipinski definition) is 8. The summed E-state index contributed by atoms with van der Waals surface area (Å²) < 4.78 is 33.0. The van der Waals surface area contributed by atoms with Gasteiger partial charge < -0.3 is 15.0 Å². The first kappa shape index (κ1) is 23.6. The molecule has 0 aliphatic carbocycles. The lowest BCUT2D eigenvalue weighted by molar-refractivity contribution is -0.385. The number of carbonyl (C=O) groups excluding carboxylic acids is 1. The predicted molar refractivity (Wildman–Crippen MR) is 126 cm³/mol. The lowest BCUT2D eigenvalue weighted by Crippen LogP contribution is -2.40. The number of nitrogens with one attached hydrogen (secondary N) is 1. The highest BCUT2D eigenvalue weighted by atomic mass is 32.2. The minimum Gasteiger partial charge on any atom is -0.379 e. The van der Waals surface area contributed by atoms with Gasteiger partial charge in [-0.05, 0) is 44.4 Å². The lowest BCUT2D eigenvalue weighted by atomic mass is 10.1. The number of hydrogen-bond donors (Lipinski definition) is 1. The zero-order valence-electron chi connectivity index (χ0n) is 18.3. The molecule has 0 atom stereocenters. The number of benzene rings is 1. The van der Waals surface area contributed by atoms with Crippen molar-refractivity contribution in [3.63, 3.8) is 0 Å². The molecule has 1 N–H and O–H groups in total. The Balaban J connectivity index is 1.68. The van der Waals surface area contributed by atoms with Gasteiger partial charge in [-0.25, -0.2) is 8.42 Å². The maximum Gasteiger partial charge on any atom is 0.283 e. The summed E-state index contributed by atoms with van der Waals surface area (Å²) in [4.78, 5) is 26.5. The molecule has 1 amide bonds. The molecule has 2 fully saturated rings. The van der Waals surface area contributed by atoms with Crippen molar-refractivity contribution in [1.82, 2.24) is 4.31 Å². The maximum absolute atomic E-state index is 13.2. The predicted octanol–water partition coefficient (Wildman–Crippen LogP) is 3.23. The van der Waals surface area contributed by atoms with E-state index in [2.05, 4.69) is 10.2 Å². The highest BCUT2D eigenvalue weighted by Gasteiger charge is 2.28. The first-order valence-corrected chi connectivity index (χ1v) is 13.1. The number of nitrogens with zero attached hydrogens (tertiary/aromatic N) is 3. The minimum atomic E-state index is -3.75. The fourth-order valence-electron chi connectivity index (χ4n) is 4.07. The van der Waals surface area contributed by atoms with Crippen LogP contribution in [0.2, 0.25) is 0 Å². The third kappa shape index (κ3) is 5.03. The van der Waals surface area contributed by atoms with Crippen molar-refractivity contribution >= 4 is 44.3 Å². The van der Waals surface area contributed by atoms with E-state index < -0.39 is 20.9 Å². The van der Waals surface area contributed by atoms with Crippen LogP contribution in [0.25, 0.3) is 0 Å². The fourth-order valence-corrected chi connectivity index (χ4v) is 6.39. The van der Waals surface area contributed by atoms with Gasteiger partial charge in [0, 0.05) is 32.2 Å². The van der Waals surface area contributed by atoms with E-state index >= 15 is 0 Å². The van der Waals surface area contributed by atoms with Gasteiger partial charge in [0.2, 0.25) is 10.0 Å². The van der Waals surface area contributed by atoms with Crippen LogP contribution in [0.3, 0.4) is 0 Å². The van der Waals surface area contributed by atoms with E-state index in [0.29, 0.717) is 23.8 Å². The molecule has 2 aliphatic rings. The second-order valence-corrected chi connectivity index (χ2v) is 11.2. The second kappa shape index (κ2) is 9.75. The number of carbonyl (C=O) groups is 1. The van der Waals surface area contributed by atoms with Gasteiger partial charge in [0.25, 0.3) is 11.6 Å². The molecule has 4 rings (SSSR count). The van der Waals surface area contributed by atoms with Crippen LogP contribution in [0.5, 0.6) is 0 Å². The van der Waals surface area contributed by atoms with Crippen molar-refractivity contribution in [2.24, 2.45) is 0 Å². The van der Waals surface area contributed by atoms with Crippen LogP contribution in [-0.2, 0) is 14.8 Å². The third-order valence-corrected chi connectivity index (χ3v) is 8.77. The van der Waals surface area contributed by atoms with Crippen molar-refractivity contribution < 1.29 is 22.9 Å². The number of ether oxygens (including phenoxy) is 1. The fraction of sp³-hybridized carbons (Fsp3) is 0.476. The van der Waals surface area contributed by atoms with Gasteiger partial charge in [-0.2, -0.15) is 4.31 Å². The van der Waals surface area contributed by atoms with Crippen molar-refractivity contribution in [2.45, 2.75) is 31.1 Å². The highest BCUT2D eigenvalue weighted by Crippen LogP contribution is 2.34. The summed E-state index contributed by atoms with van der Waals surface area (Å²) in [7, 11) is -3.75. The Hall–Kier alpha value is -2.54. The van der Waals surface area contributed by atoms with E-state index in [-0.39, 0.29) is 28.5 Å². The van der Waals surface area contributed by atoms with E-state index in [0.717, 1.165) is 49.4 Å². The Morgan fingerprint density at radius 2 is 1.82 bits per heavy atom. The number of sulfonamides is 1. The molecule has 33 heavy (non-hydrogen) atoms. The quantitative estimate of drug-likeness (QED) is 0.483. The molecule has 12 heteroatoms. The van der Waals surface area contributed by atoms with E-state index in [4.69, 9.17) is 4.74 Å². The molecular formula is C21H26N4O6S2. The molecule has 3 heterocycles. The number of anilines is 2. The number of piperidine rings is 1. The van der Waals surface area contributed by atoms with Gasteiger partial charge >= 0.3 is 0 Å². The first-order chi connectivity index (χ1) is 15.8. The van der Waals surface area contributed by atoms with Crippen LogP contribution in [-0.4, -0.2) is 62.9 Å². The van der Waals surface area contributed by atoms with Crippen LogP contribution in [0.1, 0.15) is 33.8 Å². The van der Waals surface area contributed by atoms with Gasteiger partial charge in [0.1, 0.15) is 0 Å². The number of amides is 1. The smallest absolute Gasteiger partial charge is 0.283 e. The van der Waals surface area contributed by atoms with E-state index in [9.17, 15) is 23.3 Å². The van der Waals surface area contributed by atoms with Crippen molar-refractivity contribution in [1.29, 1.82) is 0 Å². The Bertz CT molecular complexity index is 1150. The second-order valence-electron chi connectivity index (χ2n) is 8.01. The maximum atomic E-state index is 13.2. The van der Waals surface area contributed by atoms with Crippen LogP contribution in [0.15, 0.2) is 29.2 Å². The number of nitro groups is 1. The number of rotatable bonds is 6. The van der Waals surface area contributed by atoms with Crippen molar-refractivity contribution in [2.75, 3.05) is 49.6 Å². The summed E-state index contributed by atoms with van der Waals surface area (Å²) in [5.74, 6) is -0.504. The molecular weight excluding hydrogens is 468 g/mol. The van der Waals surface area contributed by atoms with Crippen molar-refractivity contribution in [3.8, 4) is 0 Å². The molecule has 0 saturated carbocycles. The highest BCUT2D eigenvalue weighted by molar-refractivity contribution is 7.89. The average molecular weight is 495 g/mol. The largest absolute Gasteiger partial charge is 0.379 e. The molecule has 0 unspecified atom stereocenters. The Morgan fingerprint density at radius 1 is 1.12 bits per heavy atom. The molecule has 1 aromatic carbocycles. The monoisotopic (exact) mass is 494 g/mol. The zero-order valence-corrected chi connectivity index (χ0v) is 19.9. The SMILES string of the molecule is Cc1sc(C(=O)Nc2cc(S(=O)(=O)N3CCOCC3)ccc2N2CCCCC2)cc1[N+](=O)[O-]. The van der Waals surface area contributed by atoms with E-state index in [1.165, 1.54) is 16.4 Å². The molecule has 1 aromatic heterocycles. The standard InChI is InChI=1S/C21H26N4O6S2/c1-15-19(25(27)28)14-20(32-15)21(26)22-17-13-16(33(29,30)24-9-11-31-12-10-24)5-6-18(17)23-7-3-2-4-8-23/h5-6,13-14H,2-4,7-12H2,1H3,(H,22,26). The molecule has 2 aromatic rings. The number of morpholine rings is 1. The molecule has 0 radical (unpaired) electrons. The third-order valence-electron chi connectivity index (χ3n) is 5.83. The summed E-state index contributed by atoms with van der Waals surface area (Å²) >= 11 is 1.04. The number of thiophene rings is 1. The van der Waals surface area contributed by atoms with E-state index in [1.54, 1.807) is 19.1 Å². The molecule has 2 saturated heterocycles. The lowest BCUT2D eigenvalue weighted by Gasteiger charge is -2.31. The number of aryl methyl sites for hydroxylation is 1. The van der Waals surface area contributed by atoms with Gasteiger partial charge in [0.15, 0.2) is 0 Å². The molecule has 0 spiro atoms. The topological polar surface area (TPSA) is 122 Å². The summed E-state index contributed by atoms with van der Waals surface area (Å²) in [6.45, 7) is 4.43. The molecule has 2 aliphatic heterocycles. The van der Waals surface area contributed by atoms with Gasteiger partial charge in [0.05, 0.1) is 44.2 Å². The van der Waals surface area contributed by atoms with Gasteiger partial charge in [-0.15, -0.1) is 11.3 Å².